The average Bonchev–Trinajstić information content (AvgIpc) is 2.43. The molecule has 1 aromatic heterocycles. The molecule has 1 amide bonds. The molecule has 0 fully saturated rings. The molecule has 0 aliphatic carbocycles. The van der Waals surface area contributed by atoms with Gasteiger partial charge in [-0.05, 0) is 38.5 Å². The van der Waals surface area contributed by atoms with Gasteiger partial charge < -0.3 is 10.3 Å². The van der Waals surface area contributed by atoms with Gasteiger partial charge in [0, 0.05) is 15.7 Å². The minimum absolute atomic E-state index is 0.0231. The second-order valence-electron chi connectivity index (χ2n) is 5.23. The van der Waals surface area contributed by atoms with Gasteiger partial charge in [-0.15, -0.1) is 0 Å². The fourth-order valence-corrected chi connectivity index (χ4v) is 2.51. The number of amides is 1. The number of aromatic nitrogens is 2. The van der Waals surface area contributed by atoms with Crippen LogP contribution in [-0.4, -0.2) is 15.9 Å². The summed E-state index contributed by atoms with van der Waals surface area (Å²) in [6.07, 6.45) is 0.0231. The van der Waals surface area contributed by atoms with E-state index in [4.69, 9.17) is 0 Å². The number of aryl methyl sites for hydroxylation is 2. The Morgan fingerprint density at radius 2 is 1.95 bits per heavy atom. The molecule has 0 saturated heterocycles. The first-order valence-corrected chi connectivity index (χ1v) is 7.77. The van der Waals surface area contributed by atoms with Crippen LogP contribution in [0.2, 0.25) is 0 Å². The Kier molecular flexibility index (Phi) is 5.13. The largest absolute Gasteiger partial charge is 0.349 e. The Morgan fingerprint density at radius 1 is 1.32 bits per heavy atom. The fraction of sp³-hybridized carbons (Fsp3) is 0.312. The Labute approximate surface area is 137 Å². The minimum Gasteiger partial charge on any atom is -0.349 e. The molecule has 0 aliphatic heterocycles. The molecular formula is C16H18BrN3O2. The fourth-order valence-electron chi connectivity index (χ4n) is 2.25. The van der Waals surface area contributed by atoms with Gasteiger partial charge in [-0.25, -0.2) is 4.98 Å². The zero-order chi connectivity index (χ0) is 16.3. The van der Waals surface area contributed by atoms with Gasteiger partial charge in [0.15, 0.2) is 0 Å². The van der Waals surface area contributed by atoms with Gasteiger partial charge in [0.1, 0.15) is 5.82 Å². The average molecular weight is 364 g/mol. The molecule has 22 heavy (non-hydrogen) atoms. The molecule has 0 bridgehead atoms. The van der Waals surface area contributed by atoms with Crippen LogP contribution >= 0.6 is 15.9 Å². The molecule has 2 N–H and O–H groups in total. The summed E-state index contributed by atoms with van der Waals surface area (Å²) in [6, 6.07) is 7.62. The van der Waals surface area contributed by atoms with Crippen LogP contribution in [0.3, 0.4) is 0 Å². The zero-order valence-electron chi connectivity index (χ0n) is 12.7. The van der Waals surface area contributed by atoms with Crippen LogP contribution in [-0.2, 0) is 11.2 Å². The summed E-state index contributed by atoms with van der Waals surface area (Å²) in [5.41, 5.74) is 1.75. The maximum atomic E-state index is 12.2. The van der Waals surface area contributed by atoms with E-state index in [2.05, 4.69) is 31.2 Å². The van der Waals surface area contributed by atoms with E-state index < -0.39 is 0 Å². The number of carbonyl (C=O) groups is 1. The number of benzene rings is 1. The number of aromatic amines is 1. The van der Waals surface area contributed by atoms with Crippen LogP contribution in [0, 0.1) is 13.8 Å². The Bertz CT molecular complexity index is 738. The van der Waals surface area contributed by atoms with E-state index in [1.807, 2.05) is 31.2 Å². The van der Waals surface area contributed by atoms with E-state index in [0.717, 1.165) is 10.0 Å². The summed E-state index contributed by atoms with van der Waals surface area (Å²) < 4.78 is 0.989. The molecule has 5 nitrogen and oxygen atoms in total. The van der Waals surface area contributed by atoms with Crippen molar-refractivity contribution in [3.63, 3.8) is 0 Å². The molecule has 0 unspecified atom stereocenters. The maximum absolute atomic E-state index is 12.2. The summed E-state index contributed by atoms with van der Waals surface area (Å²) in [4.78, 5) is 30.9. The summed E-state index contributed by atoms with van der Waals surface area (Å²) in [5, 5.41) is 2.90. The molecule has 1 heterocycles. The summed E-state index contributed by atoms with van der Waals surface area (Å²) >= 11 is 3.38. The number of hydrogen-bond donors (Lipinski definition) is 2. The van der Waals surface area contributed by atoms with Gasteiger partial charge in [0.05, 0.1) is 12.5 Å². The van der Waals surface area contributed by atoms with Crippen molar-refractivity contribution in [2.24, 2.45) is 0 Å². The first kappa shape index (κ1) is 16.4. The third-order valence-electron chi connectivity index (χ3n) is 3.43. The quantitative estimate of drug-likeness (QED) is 0.876. The second-order valence-corrected chi connectivity index (χ2v) is 6.15. The minimum atomic E-state index is -0.253. The number of nitrogens with zero attached hydrogens (tertiary/aromatic N) is 1. The van der Waals surface area contributed by atoms with Crippen molar-refractivity contribution in [2.45, 2.75) is 33.2 Å². The number of nitrogens with one attached hydrogen (secondary N) is 2. The highest BCUT2D eigenvalue weighted by molar-refractivity contribution is 9.10. The number of hydrogen-bond acceptors (Lipinski definition) is 3. The van der Waals surface area contributed by atoms with E-state index in [9.17, 15) is 9.59 Å². The predicted octanol–water partition coefficient (Wildman–Crippen LogP) is 2.57. The van der Waals surface area contributed by atoms with Crippen molar-refractivity contribution in [2.75, 3.05) is 0 Å². The normalized spacial score (nSPS) is 12.0. The molecule has 0 aliphatic rings. The third kappa shape index (κ3) is 4.04. The van der Waals surface area contributed by atoms with Gasteiger partial charge in [-0.2, -0.15) is 0 Å². The number of halogens is 1. The van der Waals surface area contributed by atoms with E-state index in [-0.39, 0.29) is 23.9 Å². The molecule has 1 aromatic carbocycles. The lowest BCUT2D eigenvalue weighted by Crippen LogP contribution is -2.31. The maximum Gasteiger partial charge on any atom is 0.254 e. The first-order valence-electron chi connectivity index (χ1n) is 6.98. The molecule has 0 saturated carbocycles. The van der Waals surface area contributed by atoms with Crippen molar-refractivity contribution in [3.8, 4) is 0 Å². The molecule has 2 rings (SSSR count). The SMILES string of the molecule is Cc1nc(C)c(CC(=O)N[C@@H](C)c2ccc(Br)cc2)c(=O)[nH]1. The number of H-pyrrole nitrogens is 1. The van der Waals surface area contributed by atoms with Gasteiger partial charge in [0.2, 0.25) is 5.91 Å². The summed E-state index contributed by atoms with van der Waals surface area (Å²) in [5.74, 6) is 0.351. The lowest BCUT2D eigenvalue weighted by molar-refractivity contribution is -0.121. The monoisotopic (exact) mass is 363 g/mol. The van der Waals surface area contributed by atoms with E-state index in [1.165, 1.54) is 0 Å². The van der Waals surface area contributed by atoms with Crippen LogP contribution in [0.25, 0.3) is 0 Å². The predicted molar refractivity (Wildman–Crippen MR) is 88.7 cm³/mol. The van der Waals surface area contributed by atoms with Crippen molar-refractivity contribution < 1.29 is 4.79 Å². The molecule has 2 aromatic rings. The standard InChI is InChI=1S/C16H18BrN3O2/c1-9(12-4-6-13(17)7-5-12)19-15(21)8-14-10(2)18-11(3)20-16(14)22/h4-7,9H,8H2,1-3H3,(H,19,21)(H,18,20,22)/t9-/m0/s1. The van der Waals surface area contributed by atoms with Crippen LogP contribution in [0.5, 0.6) is 0 Å². The molecule has 0 spiro atoms. The molecular weight excluding hydrogens is 346 g/mol. The van der Waals surface area contributed by atoms with Crippen molar-refractivity contribution in [1.29, 1.82) is 0 Å². The Morgan fingerprint density at radius 3 is 2.55 bits per heavy atom. The van der Waals surface area contributed by atoms with Crippen LogP contribution < -0.4 is 10.9 Å². The number of rotatable bonds is 4. The van der Waals surface area contributed by atoms with Crippen LogP contribution in [0.1, 0.15) is 35.6 Å². The summed E-state index contributed by atoms with van der Waals surface area (Å²) in [7, 11) is 0. The van der Waals surface area contributed by atoms with Gasteiger partial charge in [-0.3, -0.25) is 9.59 Å². The van der Waals surface area contributed by atoms with Crippen molar-refractivity contribution in [1.82, 2.24) is 15.3 Å². The van der Waals surface area contributed by atoms with E-state index in [1.54, 1.807) is 13.8 Å². The molecule has 1 atom stereocenters. The summed E-state index contributed by atoms with van der Waals surface area (Å²) in [6.45, 7) is 5.36. The smallest absolute Gasteiger partial charge is 0.254 e. The lowest BCUT2D eigenvalue weighted by atomic mass is 10.1. The third-order valence-corrected chi connectivity index (χ3v) is 3.95. The zero-order valence-corrected chi connectivity index (χ0v) is 14.3. The highest BCUT2D eigenvalue weighted by Crippen LogP contribution is 2.16. The second kappa shape index (κ2) is 6.87. The highest BCUT2D eigenvalue weighted by atomic mass is 79.9. The van der Waals surface area contributed by atoms with E-state index >= 15 is 0 Å². The highest BCUT2D eigenvalue weighted by Gasteiger charge is 2.14. The van der Waals surface area contributed by atoms with Gasteiger partial charge in [0.25, 0.3) is 5.56 Å². The van der Waals surface area contributed by atoms with Gasteiger partial charge >= 0.3 is 0 Å². The van der Waals surface area contributed by atoms with Crippen molar-refractivity contribution in [3.05, 3.63) is 61.7 Å². The van der Waals surface area contributed by atoms with Crippen molar-refractivity contribution >= 4 is 21.8 Å². The molecule has 0 radical (unpaired) electrons. The topological polar surface area (TPSA) is 74.8 Å². The van der Waals surface area contributed by atoms with Crippen LogP contribution in [0.15, 0.2) is 33.5 Å². The van der Waals surface area contributed by atoms with Crippen LogP contribution in [0.4, 0.5) is 0 Å². The van der Waals surface area contributed by atoms with Gasteiger partial charge in [-0.1, -0.05) is 28.1 Å². The molecule has 6 heteroatoms. The lowest BCUT2D eigenvalue weighted by Gasteiger charge is -2.14. The Hall–Kier alpha value is -1.95. The number of carbonyl (C=O) groups excluding carboxylic acids is 1. The van der Waals surface area contributed by atoms with E-state index in [0.29, 0.717) is 17.1 Å². The molecule has 116 valence electrons. The Balaban J connectivity index is 2.07. The first-order chi connectivity index (χ1) is 10.4.